The summed E-state index contributed by atoms with van der Waals surface area (Å²) >= 11 is 0. The van der Waals surface area contributed by atoms with Gasteiger partial charge < -0.3 is 20.3 Å². The van der Waals surface area contributed by atoms with Gasteiger partial charge in [0.25, 0.3) is 0 Å². The van der Waals surface area contributed by atoms with Crippen molar-refractivity contribution in [1.29, 1.82) is 0 Å². The van der Waals surface area contributed by atoms with E-state index < -0.39 is 14.6 Å². The van der Waals surface area contributed by atoms with E-state index in [1.165, 1.54) is 11.9 Å². The number of aliphatic imine (C=N–C) groups is 1. The normalized spacial score (nSPS) is 16.4. The second-order valence-electron chi connectivity index (χ2n) is 7.46. The zero-order valence-electron chi connectivity index (χ0n) is 18.4. The molecule has 9 heteroatoms. The van der Waals surface area contributed by atoms with E-state index >= 15 is 0 Å². The maximum absolute atomic E-state index is 12.4. The van der Waals surface area contributed by atoms with E-state index in [9.17, 15) is 8.42 Å². The van der Waals surface area contributed by atoms with E-state index in [0.29, 0.717) is 32.0 Å². The van der Waals surface area contributed by atoms with E-state index in [-0.39, 0.29) is 30.5 Å². The second kappa shape index (κ2) is 13.4. The van der Waals surface area contributed by atoms with Gasteiger partial charge in [-0.1, -0.05) is 18.2 Å². The van der Waals surface area contributed by atoms with E-state index in [4.69, 9.17) is 4.74 Å². The van der Waals surface area contributed by atoms with Crippen molar-refractivity contribution >= 4 is 45.5 Å². The Morgan fingerprint density at radius 1 is 1.17 bits per heavy atom. The van der Waals surface area contributed by atoms with Crippen molar-refractivity contribution in [2.24, 2.45) is 4.99 Å². The molecule has 0 atom stereocenters. The van der Waals surface area contributed by atoms with E-state index in [0.717, 1.165) is 32.6 Å². The highest BCUT2D eigenvalue weighted by molar-refractivity contribution is 14.0. The summed E-state index contributed by atoms with van der Waals surface area (Å²) in [6, 6.07) is 10.4. The molecule has 0 aliphatic carbocycles. The summed E-state index contributed by atoms with van der Waals surface area (Å²) in [5.74, 6) is 0.671. The zero-order valence-corrected chi connectivity index (χ0v) is 21.5. The van der Waals surface area contributed by atoms with Crippen LogP contribution in [0.4, 0.5) is 5.69 Å². The smallest absolute Gasteiger partial charge is 0.191 e. The summed E-state index contributed by atoms with van der Waals surface area (Å²) in [5.41, 5.74) is 1.23. The number of nitrogens with zero attached hydrogens (tertiary/aromatic N) is 2. The van der Waals surface area contributed by atoms with Crippen LogP contribution in [0.1, 0.15) is 33.1 Å². The number of guanidine groups is 1. The molecule has 2 rings (SSSR count). The molecule has 1 aromatic carbocycles. The number of para-hydroxylation sites is 1. The van der Waals surface area contributed by atoms with Crippen LogP contribution in [-0.2, 0) is 14.6 Å². The summed E-state index contributed by atoms with van der Waals surface area (Å²) in [5, 5.41) is 6.57. The average Bonchev–Trinajstić information content (AvgIpc) is 2.72. The second-order valence-corrected chi connectivity index (χ2v) is 9.87. The maximum atomic E-state index is 12.4. The summed E-state index contributed by atoms with van der Waals surface area (Å²) in [7, 11) is -3.22. The van der Waals surface area contributed by atoms with Gasteiger partial charge in [0.05, 0.1) is 11.3 Å². The quantitative estimate of drug-likeness (QED) is 0.201. The number of hydrogen-bond acceptors (Lipinski definition) is 5. The molecular weight excluding hydrogens is 515 g/mol. The van der Waals surface area contributed by atoms with Gasteiger partial charge in [0.2, 0.25) is 0 Å². The molecule has 1 heterocycles. The van der Waals surface area contributed by atoms with Crippen LogP contribution in [0.2, 0.25) is 0 Å². The molecule has 0 spiro atoms. The molecule has 2 N–H and O–H groups in total. The molecule has 0 bridgehead atoms. The molecule has 0 saturated carbocycles. The van der Waals surface area contributed by atoms with Crippen molar-refractivity contribution in [2.45, 2.75) is 37.9 Å². The first-order valence-electron chi connectivity index (χ1n) is 10.5. The van der Waals surface area contributed by atoms with Crippen molar-refractivity contribution in [3.63, 3.8) is 0 Å². The fraction of sp³-hybridized carbons (Fsp3) is 0.667. The summed E-state index contributed by atoms with van der Waals surface area (Å²) < 4.78 is 29.4. The van der Waals surface area contributed by atoms with Crippen LogP contribution in [0, 0.1) is 0 Å². The molecule has 0 aromatic heterocycles. The minimum atomic E-state index is -3.22. The largest absolute Gasteiger partial charge is 0.381 e. The molecule has 0 unspecified atom stereocenters. The standard InChI is InChI=1S/C21H36N4O3S.HI/c1-4-22-20(24-18-21(29(3,26)27)12-16-28-17-13-21)23-14-9-15-25(5-2)19-10-7-6-8-11-19;/h6-8,10-11H,4-5,9,12-18H2,1-3H3,(H2,22,23,24);1H. The number of sulfone groups is 1. The lowest BCUT2D eigenvalue weighted by molar-refractivity contribution is 0.0768. The predicted octanol–water partition coefficient (Wildman–Crippen LogP) is 2.67. The van der Waals surface area contributed by atoms with Crippen LogP contribution in [0.3, 0.4) is 0 Å². The number of benzene rings is 1. The topological polar surface area (TPSA) is 83.0 Å². The lowest BCUT2D eigenvalue weighted by Gasteiger charge is -2.34. The van der Waals surface area contributed by atoms with Crippen LogP contribution in [0.25, 0.3) is 0 Å². The summed E-state index contributed by atoms with van der Waals surface area (Å²) in [6.45, 7) is 8.76. The Kier molecular flexibility index (Phi) is 12.0. The summed E-state index contributed by atoms with van der Waals surface area (Å²) in [4.78, 5) is 6.96. The van der Waals surface area contributed by atoms with Crippen molar-refractivity contribution in [3.05, 3.63) is 30.3 Å². The average molecular weight is 553 g/mol. The van der Waals surface area contributed by atoms with Gasteiger partial charge in [0.1, 0.15) is 0 Å². The van der Waals surface area contributed by atoms with Crippen molar-refractivity contribution in [1.82, 2.24) is 10.6 Å². The van der Waals surface area contributed by atoms with E-state index in [1.54, 1.807) is 0 Å². The van der Waals surface area contributed by atoms with Crippen molar-refractivity contribution in [2.75, 3.05) is 57.1 Å². The van der Waals surface area contributed by atoms with Crippen LogP contribution in [-0.4, -0.2) is 71.3 Å². The lowest BCUT2D eigenvalue weighted by Crippen LogP contribution is -2.47. The third kappa shape index (κ3) is 7.88. The van der Waals surface area contributed by atoms with Gasteiger partial charge in [0, 0.05) is 51.3 Å². The molecule has 0 amide bonds. The number of nitrogens with one attached hydrogen (secondary N) is 2. The molecule has 1 saturated heterocycles. The minimum absolute atomic E-state index is 0. The number of rotatable bonds is 10. The van der Waals surface area contributed by atoms with Gasteiger partial charge in [-0.3, -0.25) is 4.99 Å². The third-order valence-corrected chi connectivity index (χ3v) is 7.57. The maximum Gasteiger partial charge on any atom is 0.191 e. The Labute approximate surface area is 199 Å². The Bertz CT molecular complexity index is 738. The summed E-state index contributed by atoms with van der Waals surface area (Å²) in [6.07, 6.45) is 3.27. The highest BCUT2D eigenvalue weighted by atomic mass is 127. The monoisotopic (exact) mass is 552 g/mol. The first-order valence-corrected chi connectivity index (χ1v) is 12.4. The first-order chi connectivity index (χ1) is 13.9. The van der Waals surface area contributed by atoms with Gasteiger partial charge in [-0.05, 0) is 45.2 Å². The fourth-order valence-corrected chi connectivity index (χ4v) is 4.75. The zero-order chi connectivity index (χ0) is 21.2. The first kappa shape index (κ1) is 27.0. The van der Waals surface area contributed by atoms with Crippen LogP contribution in [0.15, 0.2) is 35.3 Å². The molecule has 7 nitrogen and oxygen atoms in total. The molecule has 30 heavy (non-hydrogen) atoms. The molecule has 1 aliphatic rings. The Morgan fingerprint density at radius 3 is 2.40 bits per heavy atom. The number of ether oxygens (including phenoxy) is 1. The van der Waals surface area contributed by atoms with E-state index in [1.807, 2.05) is 13.0 Å². The highest BCUT2D eigenvalue weighted by Crippen LogP contribution is 2.29. The molecule has 1 fully saturated rings. The van der Waals surface area contributed by atoms with E-state index in [2.05, 4.69) is 51.7 Å². The minimum Gasteiger partial charge on any atom is -0.381 e. The molecule has 1 aromatic rings. The van der Waals surface area contributed by atoms with Gasteiger partial charge in [-0.15, -0.1) is 24.0 Å². The highest BCUT2D eigenvalue weighted by Gasteiger charge is 2.42. The van der Waals surface area contributed by atoms with Crippen LogP contribution in [0.5, 0.6) is 0 Å². The number of hydrogen-bond donors (Lipinski definition) is 2. The molecule has 0 radical (unpaired) electrons. The van der Waals surface area contributed by atoms with Crippen molar-refractivity contribution in [3.8, 4) is 0 Å². The molecule has 1 aliphatic heterocycles. The lowest BCUT2D eigenvalue weighted by atomic mass is 9.99. The number of anilines is 1. The van der Waals surface area contributed by atoms with Crippen LogP contribution >= 0.6 is 24.0 Å². The van der Waals surface area contributed by atoms with Crippen LogP contribution < -0.4 is 15.5 Å². The van der Waals surface area contributed by atoms with Gasteiger partial charge in [-0.25, -0.2) is 8.42 Å². The van der Waals surface area contributed by atoms with Gasteiger partial charge >= 0.3 is 0 Å². The Balaban J connectivity index is 0.00000450. The SMILES string of the molecule is CCNC(=NCC1(S(C)(=O)=O)CCOCC1)NCCCN(CC)c1ccccc1.I. The Morgan fingerprint density at radius 2 is 1.83 bits per heavy atom. The molecule has 172 valence electrons. The molecular formula is C21H37IN4O3S. The van der Waals surface area contributed by atoms with Gasteiger partial charge in [-0.2, -0.15) is 0 Å². The third-order valence-electron chi connectivity index (χ3n) is 5.46. The number of halogens is 1. The van der Waals surface area contributed by atoms with Crippen molar-refractivity contribution < 1.29 is 13.2 Å². The van der Waals surface area contributed by atoms with Gasteiger partial charge in [0.15, 0.2) is 15.8 Å². The Hall–Kier alpha value is -1.07. The predicted molar refractivity (Wildman–Crippen MR) is 136 cm³/mol. The fourth-order valence-electron chi connectivity index (χ4n) is 3.54.